The highest BCUT2D eigenvalue weighted by Gasteiger charge is 2.28. The summed E-state index contributed by atoms with van der Waals surface area (Å²) >= 11 is 7.38. The molecule has 0 saturated carbocycles. The van der Waals surface area contributed by atoms with E-state index in [2.05, 4.69) is 5.32 Å². The van der Waals surface area contributed by atoms with Crippen molar-refractivity contribution in [1.29, 1.82) is 0 Å². The number of hydrogen-bond donors (Lipinski definition) is 1. The second kappa shape index (κ2) is 12.1. The van der Waals surface area contributed by atoms with Crippen LogP contribution in [0.15, 0.2) is 42.5 Å². The number of nitrogens with one attached hydrogen (secondary N) is 1. The minimum atomic E-state index is -0.575. The summed E-state index contributed by atoms with van der Waals surface area (Å²) < 4.78 is 14.0. The van der Waals surface area contributed by atoms with Crippen molar-refractivity contribution in [2.45, 2.75) is 58.5 Å². The molecule has 2 aromatic carbocycles. The molecule has 31 heavy (non-hydrogen) atoms. The maximum absolute atomic E-state index is 14.0. The Balaban J connectivity index is 2.16. The molecule has 0 aliphatic carbocycles. The Labute approximate surface area is 193 Å². The van der Waals surface area contributed by atoms with Crippen LogP contribution >= 0.6 is 23.4 Å². The monoisotopic (exact) mass is 464 g/mol. The Morgan fingerprint density at radius 2 is 1.84 bits per heavy atom. The molecule has 1 N–H and O–H groups in total. The highest BCUT2D eigenvalue weighted by atomic mass is 35.5. The van der Waals surface area contributed by atoms with Gasteiger partial charge in [0.1, 0.15) is 11.9 Å². The standard InChI is InChI=1S/C24H30ClFN2O2S/c1-5-22(24(30)27-16(2)3)28(13-18-11-9-17(4)10-12-18)23(29)15-31-14-19-20(25)7-6-8-21(19)26/h6-12,16,22H,5,13-15H2,1-4H3,(H,27,30)/t22-/m0/s1. The number of aryl methyl sites for hydroxylation is 1. The van der Waals surface area contributed by atoms with Gasteiger partial charge in [-0.05, 0) is 44.9 Å². The number of carbonyl (C=O) groups is 2. The average molecular weight is 465 g/mol. The van der Waals surface area contributed by atoms with Crippen LogP contribution in [0, 0.1) is 12.7 Å². The lowest BCUT2D eigenvalue weighted by atomic mass is 10.1. The number of benzene rings is 2. The fraction of sp³-hybridized carbons (Fsp3) is 0.417. The molecule has 4 nitrogen and oxygen atoms in total. The van der Waals surface area contributed by atoms with Crippen molar-refractivity contribution in [3.8, 4) is 0 Å². The van der Waals surface area contributed by atoms with E-state index in [1.54, 1.807) is 17.0 Å². The van der Waals surface area contributed by atoms with Crippen LogP contribution in [-0.4, -0.2) is 34.6 Å². The second-order valence-corrected chi connectivity index (χ2v) is 9.18. The van der Waals surface area contributed by atoms with Crippen LogP contribution in [0.1, 0.15) is 43.9 Å². The number of thioether (sulfide) groups is 1. The quantitative estimate of drug-likeness (QED) is 0.515. The van der Waals surface area contributed by atoms with Gasteiger partial charge in [0.2, 0.25) is 11.8 Å². The summed E-state index contributed by atoms with van der Waals surface area (Å²) in [6.45, 7) is 8.02. The fourth-order valence-electron chi connectivity index (χ4n) is 3.18. The van der Waals surface area contributed by atoms with Gasteiger partial charge < -0.3 is 10.2 Å². The van der Waals surface area contributed by atoms with Gasteiger partial charge in [-0.3, -0.25) is 9.59 Å². The molecule has 0 fully saturated rings. The van der Waals surface area contributed by atoms with Gasteiger partial charge in [0.15, 0.2) is 0 Å². The smallest absolute Gasteiger partial charge is 0.243 e. The number of hydrogen-bond acceptors (Lipinski definition) is 3. The Morgan fingerprint density at radius 3 is 2.42 bits per heavy atom. The predicted molar refractivity (Wildman–Crippen MR) is 127 cm³/mol. The Kier molecular flexibility index (Phi) is 9.85. The molecule has 1 atom stereocenters. The highest BCUT2D eigenvalue weighted by molar-refractivity contribution is 7.99. The van der Waals surface area contributed by atoms with Crippen molar-refractivity contribution in [3.05, 3.63) is 70.0 Å². The first-order chi connectivity index (χ1) is 14.7. The summed E-state index contributed by atoms with van der Waals surface area (Å²) in [6.07, 6.45) is 0.500. The molecule has 0 unspecified atom stereocenters. The van der Waals surface area contributed by atoms with Crippen molar-refractivity contribution in [2.75, 3.05) is 5.75 Å². The number of carbonyl (C=O) groups excluding carboxylic acids is 2. The van der Waals surface area contributed by atoms with Gasteiger partial charge in [-0.1, -0.05) is 54.4 Å². The van der Waals surface area contributed by atoms with Gasteiger partial charge in [0, 0.05) is 28.9 Å². The third-order valence-corrected chi connectivity index (χ3v) is 6.12. The van der Waals surface area contributed by atoms with Crippen LogP contribution in [0.5, 0.6) is 0 Å². The third kappa shape index (κ3) is 7.54. The van der Waals surface area contributed by atoms with E-state index in [4.69, 9.17) is 11.6 Å². The SMILES string of the molecule is CC[C@@H](C(=O)NC(C)C)N(Cc1ccc(C)cc1)C(=O)CSCc1c(F)cccc1Cl. The lowest BCUT2D eigenvalue weighted by Crippen LogP contribution is -2.50. The number of nitrogens with zero attached hydrogens (tertiary/aromatic N) is 1. The van der Waals surface area contributed by atoms with Crippen LogP contribution in [-0.2, 0) is 21.9 Å². The molecule has 0 aromatic heterocycles. The minimum Gasteiger partial charge on any atom is -0.352 e. The molecule has 2 amide bonds. The Morgan fingerprint density at radius 1 is 1.16 bits per heavy atom. The molecule has 0 bridgehead atoms. The maximum atomic E-state index is 14.0. The van der Waals surface area contributed by atoms with E-state index in [1.165, 1.54) is 17.8 Å². The zero-order valence-corrected chi connectivity index (χ0v) is 20.0. The Hall–Kier alpha value is -2.05. The van der Waals surface area contributed by atoms with E-state index in [-0.39, 0.29) is 35.2 Å². The summed E-state index contributed by atoms with van der Waals surface area (Å²) in [5.41, 5.74) is 2.47. The number of rotatable bonds is 10. The molecule has 0 aliphatic rings. The van der Waals surface area contributed by atoms with E-state index in [1.807, 2.05) is 52.0 Å². The lowest BCUT2D eigenvalue weighted by Gasteiger charge is -2.31. The molecule has 2 rings (SSSR count). The molecule has 7 heteroatoms. The summed E-state index contributed by atoms with van der Waals surface area (Å²) in [6, 6.07) is 11.9. The van der Waals surface area contributed by atoms with Gasteiger partial charge >= 0.3 is 0 Å². The largest absolute Gasteiger partial charge is 0.352 e. The molecule has 0 aliphatic heterocycles. The number of amides is 2. The van der Waals surface area contributed by atoms with Crippen molar-refractivity contribution >= 4 is 35.2 Å². The molecule has 0 spiro atoms. The van der Waals surface area contributed by atoms with Crippen molar-refractivity contribution in [2.24, 2.45) is 0 Å². The summed E-state index contributed by atoms with van der Waals surface area (Å²) in [4.78, 5) is 27.6. The van der Waals surface area contributed by atoms with Crippen molar-refractivity contribution in [3.63, 3.8) is 0 Å². The molecule has 168 valence electrons. The van der Waals surface area contributed by atoms with E-state index >= 15 is 0 Å². The van der Waals surface area contributed by atoms with E-state index < -0.39 is 6.04 Å². The van der Waals surface area contributed by atoms with Gasteiger partial charge in [-0.15, -0.1) is 11.8 Å². The van der Waals surface area contributed by atoms with E-state index in [0.29, 0.717) is 23.6 Å². The highest BCUT2D eigenvalue weighted by Crippen LogP contribution is 2.24. The van der Waals surface area contributed by atoms with Crippen LogP contribution in [0.2, 0.25) is 5.02 Å². The molecule has 0 radical (unpaired) electrons. The van der Waals surface area contributed by atoms with E-state index in [0.717, 1.165) is 11.1 Å². The average Bonchev–Trinajstić information content (AvgIpc) is 2.70. The molecule has 0 saturated heterocycles. The first-order valence-electron chi connectivity index (χ1n) is 10.4. The summed E-state index contributed by atoms with van der Waals surface area (Å²) in [5.74, 6) is -0.303. The van der Waals surface area contributed by atoms with Crippen molar-refractivity contribution in [1.82, 2.24) is 10.2 Å². The zero-order chi connectivity index (χ0) is 23.0. The van der Waals surface area contributed by atoms with Gasteiger partial charge in [0.25, 0.3) is 0 Å². The molecular formula is C24H30ClFN2O2S. The topological polar surface area (TPSA) is 49.4 Å². The minimum absolute atomic E-state index is 0.0181. The molecule has 0 heterocycles. The van der Waals surface area contributed by atoms with Crippen LogP contribution < -0.4 is 5.32 Å². The van der Waals surface area contributed by atoms with E-state index in [9.17, 15) is 14.0 Å². The van der Waals surface area contributed by atoms with Gasteiger partial charge in [0.05, 0.1) is 5.75 Å². The normalized spacial score (nSPS) is 12.0. The lowest BCUT2D eigenvalue weighted by molar-refractivity contribution is -0.139. The third-order valence-electron chi connectivity index (χ3n) is 4.82. The van der Waals surface area contributed by atoms with Crippen LogP contribution in [0.25, 0.3) is 0 Å². The first kappa shape index (κ1) is 25.2. The molecule has 2 aromatic rings. The first-order valence-corrected chi connectivity index (χ1v) is 11.9. The molecular weight excluding hydrogens is 435 g/mol. The van der Waals surface area contributed by atoms with Crippen molar-refractivity contribution < 1.29 is 14.0 Å². The van der Waals surface area contributed by atoms with Crippen LogP contribution in [0.4, 0.5) is 4.39 Å². The number of halogens is 2. The van der Waals surface area contributed by atoms with Crippen LogP contribution in [0.3, 0.4) is 0 Å². The summed E-state index contributed by atoms with van der Waals surface area (Å²) in [7, 11) is 0. The van der Waals surface area contributed by atoms with Gasteiger partial charge in [-0.2, -0.15) is 0 Å². The zero-order valence-electron chi connectivity index (χ0n) is 18.5. The van der Waals surface area contributed by atoms with Gasteiger partial charge in [-0.25, -0.2) is 4.39 Å². The maximum Gasteiger partial charge on any atom is 0.243 e. The predicted octanol–water partition coefficient (Wildman–Crippen LogP) is 5.35. The second-order valence-electron chi connectivity index (χ2n) is 7.79. The summed E-state index contributed by atoms with van der Waals surface area (Å²) in [5, 5.41) is 3.26. The Bertz CT molecular complexity index is 869. The fourth-order valence-corrected chi connectivity index (χ4v) is 4.43.